The number of nitriles is 1. The van der Waals surface area contributed by atoms with E-state index >= 15 is 0 Å². The van der Waals surface area contributed by atoms with E-state index in [1.807, 2.05) is 63.2 Å². The van der Waals surface area contributed by atoms with Crippen molar-refractivity contribution in [3.63, 3.8) is 0 Å². The average molecular weight is 764 g/mol. The van der Waals surface area contributed by atoms with Gasteiger partial charge < -0.3 is 30.0 Å². The van der Waals surface area contributed by atoms with Crippen molar-refractivity contribution in [1.29, 1.82) is 5.26 Å². The quantitative estimate of drug-likeness (QED) is 0.0447. The third-order valence-corrected chi connectivity index (χ3v) is 9.39. The van der Waals surface area contributed by atoms with Crippen molar-refractivity contribution in [2.24, 2.45) is 0 Å². The minimum Gasteiger partial charge on any atom is -0.488 e. The number of carbonyl (C=O) groups is 1. The Bertz CT molecular complexity index is 2220. The molecular formula is C42H42ClN5O7. The molecule has 0 fully saturated rings. The van der Waals surface area contributed by atoms with E-state index in [0.717, 1.165) is 51.1 Å². The fourth-order valence-corrected chi connectivity index (χ4v) is 6.25. The number of hydrogen-bond donors (Lipinski definition) is 3. The van der Waals surface area contributed by atoms with Crippen molar-refractivity contribution >= 4 is 23.3 Å². The van der Waals surface area contributed by atoms with Crippen LogP contribution in [-0.2, 0) is 24.6 Å². The molecule has 0 spiro atoms. The van der Waals surface area contributed by atoms with Crippen LogP contribution in [0.3, 0.4) is 0 Å². The highest BCUT2D eigenvalue weighted by Gasteiger charge is 2.20. The Kier molecular flexibility index (Phi) is 13.8. The van der Waals surface area contributed by atoms with E-state index in [2.05, 4.69) is 21.7 Å². The molecule has 13 heteroatoms. The molecule has 5 aromatic rings. The highest BCUT2D eigenvalue weighted by Crippen LogP contribution is 2.39. The number of ether oxygens (including phenoxy) is 3. The van der Waals surface area contributed by atoms with Gasteiger partial charge in [-0.2, -0.15) is 5.26 Å². The molecule has 3 N–H and O–H groups in total. The normalized spacial score (nSPS) is 11.4. The van der Waals surface area contributed by atoms with Gasteiger partial charge in [0.1, 0.15) is 43.4 Å². The Morgan fingerprint density at radius 2 is 1.65 bits per heavy atom. The maximum Gasteiger partial charge on any atom is 0.320 e. The highest BCUT2D eigenvalue weighted by atomic mass is 35.5. The molecule has 0 bridgehead atoms. The number of aromatic nitrogens is 1. The maximum absolute atomic E-state index is 12.1. The first-order valence-corrected chi connectivity index (χ1v) is 18.1. The molecule has 0 aliphatic carbocycles. The van der Waals surface area contributed by atoms with Crippen molar-refractivity contribution in [2.75, 3.05) is 19.7 Å². The fourth-order valence-electron chi connectivity index (χ4n) is 6.01. The van der Waals surface area contributed by atoms with Crippen LogP contribution in [0, 0.1) is 35.3 Å². The lowest BCUT2D eigenvalue weighted by Gasteiger charge is -2.18. The molecule has 0 aliphatic rings. The summed E-state index contributed by atoms with van der Waals surface area (Å²) in [7, 11) is 0. The fraction of sp³-hybridized carbons (Fsp3) is 0.262. The zero-order valence-corrected chi connectivity index (χ0v) is 31.8. The SMILES string of the molecule is CCNCc1cc(Cl)c(OCc2cccc(-c3cccc(-c4ccc(OCCN[C@@H](C)C(=O)O)c([N+](=O)[O-])c4)c3C)c2C)cc1OCc1cncc(C#N)c1. The first-order chi connectivity index (χ1) is 26.5. The van der Waals surface area contributed by atoms with Gasteiger partial charge in [-0.25, -0.2) is 0 Å². The monoisotopic (exact) mass is 763 g/mol. The van der Waals surface area contributed by atoms with E-state index in [-0.39, 0.29) is 37.8 Å². The van der Waals surface area contributed by atoms with Crippen molar-refractivity contribution in [3.05, 3.63) is 134 Å². The minimum absolute atomic E-state index is 0.0611. The number of aliphatic carboxylic acids is 1. The third-order valence-electron chi connectivity index (χ3n) is 9.10. The van der Waals surface area contributed by atoms with E-state index in [9.17, 15) is 20.2 Å². The van der Waals surface area contributed by atoms with Crippen LogP contribution >= 0.6 is 11.6 Å². The summed E-state index contributed by atoms with van der Waals surface area (Å²) in [6.07, 6.45) is 3.17. The Morgan fingerprint density at radius 3 is 2.38 bits per heavy atom. The van der Waals surface area contributed by atoms with Gasteiger partial charge in [0.2, 0.25) is 0 Å². The summed E-state index contributed by atoms with van der Waals surface area (Å²) in [5.41, 5.74) is 8.23. The summed E-state index contributed by atoms with van der Waals surface area (Å²) in [5, 5.41) is 36.9. The summed E-state index contributed by atoms with van der Waals surface area (Å²) in [5.74, 6) is 0.169. The average Bonchev–Trinajstić information content (AvgIpc) is 3.18. The number of nitro groups is 1. The first kappa shape index (κ1) is 40.2. The van der Waals surface area contributed by atoms with Gasteiger partial charge in [0.15, 0.2) is 5.75 Å². The lowest BCUT2D eigenvalue weighted by atomic mass is 9.89. The second-order valence-electron chi connectivity index (χ2n) is 12.8. The van der Waals surface area contributed by atoms with Gasteiger partial charge in [-0.15, -0.1) is 0 Å². The number of nitro benzene ring substituents is 1. The standard InChI is InChI=1S/C42H42ClN5O7/c1-5-45-23-33-17-37(43)41(19-40(33)54-24-30-16-29(20-44)21-46-22-30)55-25-32-8-6-10-35(26(32)2)36-11-7-9-34(27(36)3)31-12-13-39(38(18-31)48(51)52)53-15-14-47-28(4)42(49)50/h6-13,16-19,21-22,28,45,47H,5,14-15,23-25H2,1-4H3,(H,49,50)/t28-/m0/s1. The molecule has 284 valence electrons. The lowest BCUT2D eigenvalue weighted by Crippen LogP contribution is -2.36. The number of nitrogens with zero attached hydrogens (tertiary/aromatic N) is 3. The Hall–Kier alpha value is -6.00. The number of nitrogens with one attached hydrogen (secondary N) is 2. The number of halogens is 1. The summed E-state index contributed by atoms with van der Waals surface area (Å²) in [6.45, 7) is 9.56. The van der Waals surface area contributed by atoms with Gasteiger partial charge in [-0.3, -0.25) is 19.9 Å². The number of hydrogen-bond acceptors (Lipinski definition) is 10. The second-order valence-corrected chi connectivity index (χ2v) is 13.2. The van der Waals surface area contributed by atoms with Gasteiger partial charge in [-0.1, -0.05) is 61.0 Å². The molecule has 0 radical (unpaired) electrons. The topological polar surface area (TPSA) is 169 Å². The molecule has 55 heavy (non-hydrogen) atoms. The zero-order chi connectivity index (χ0) is 39.5. The first-order valence-electron chi connectivity index (χ1n) is 17.7. The molecule has 0 aliphatic heterocycles. The van der Waals surface area contributed by atoms with Crippen LogP contribution < -0.4 is 24.8 Å². The van der Waals surface area contributed by atoms with E-state index in [1.54, 1.807) is 30.5 Å². The maximum atomic E-state index is 12.1. The van der Waals surface area contributed by atoms with E-state index in [1.165, 1.54) is 19.2 Å². The molecule has 12 nitrogen and oxygen atoms in total. The van der Waals surface area contributed by atoms with Crippen molar-refractivity contribution in [3.8, 4) is 45.6 Å². The predicted molar refractivity (Wildman–Crippen MR) is 210 cm³/mol. The molecule has 0 saturated carbocycles. The molecule has 5 rings (SSSR count). The van der Waals surface area contributed by atoms with E-state index in [0.29, 0.717) is 34.2 Å². The number of carboxylic acid groups (broad SMARTS) is 1. The summed E-state index contributed by atoms with van der Waals surface area (Å²) < 4.78 is 18.2. The summed E-state index contributed by atoms with van der Waals surface area (Å²) >= 11 is 6.73. The highest BCUT2D eigenvalue weighted by molar-refractivity contribution is 6.32. The van der Waals surface area contributed by atoms with Gasteiger partial charge in [-0.05, 0) is 84.5 Å². The van der Waals surface area contributed by atoms with Crippen molar-refractivity contribution in [2.45, 2.75) is 53.5 Å². The second kappa shape index (κ2) is 18.9. The van der Waals surface area contributed by atoms with Crippen LogP contribution in [-0.4, -0.2) is 46.7 Å². The molecule has 0 saturated heterocycles. The Labute approximate surface area is 324 Å². The van der Waals surface area contributed by atoms with Crippen molar-refractivity contribution in [1.82, 2.24) is 15.6 Å². The van der Waals surface area contributed by atoms with Gasteiger partial charge in [0.25, 0.3) is 0 Å². The summed E-state index contributed by atoms with van der Waals surface area (Å²) in [6, 6.07) is 23.4. The van der Waals surface area contributed by atoms with Crippen LogP contribution in [0.4, 0.5) is 5.69 Å². The van der Waals surface area contributed by atoms with E-state index in [4.69, 9.17) is 30.9 Å². The molecule has 1 atom stereocenters. The van der Waals surface area contributed by atoms with Crippen LogP contribution in [0.1, 0.15) is 47.2 Å². The molecular weight excluding hydrogens is 722 g/mol. The lowest BCUT2D eigenvalue weighted by molar-refractivity contribution is -0.385. The molecule has 1 aromatic heterocycles. The summed E-state index contributed by atoms with van der Waals surface area (Å²) in [4.78, 5) is 26.7. The Morgan fingerprint density at radius 1 is 0.927 bits per heavy atom. The van der Waals surface area contributed by atoms with Crippen LogP contribution in [0.15, 0.2) is 85.2 Å². The van der Waals surface area contributed by atoms with Crippen LogP contribution in [0.5, 0.6) is 17.2 Å². The molecule has 1 heterocycles. The van der Waals surface area contributed by atoms with Crippen molar-refractivity contribution < 1.29 is 29.0 Å². The molecule has 0 amide bonds. The van der Waals surface area contributed by atoms with E-state index < -0.39 is 16.9 Å². The minimum atomic E-state index is -0.995. The number of benzene rings is 4. The largest absolute Gasteiger partial charge is 0.488 e. The third kappa shape index (κ3) is 10.2. The number of rotatable bonds is 18. The molecule has 4 aromatic carbocycles. The Balaban J connectivity index is 1.36. The number of pyridine rings is 1. The van der Waals surface area contributed by atoms with Gasteiger partial charge >= 0.3 is 11.7 Å². The number of carboxylic acids is 1. The van der Waals surface area contributed by atoms with Gasteiger partial charge in [0.05, 0.1) is 15.5 Å². The van der Waals surface area contributed by atoms with Gasteiger partial charge in [0, 0.05) is 48.7 Å². The van der Waals surface area contributed by atoms with Crippen LogP contribution in [0.2, 0.25) is 5.02 Å². The zero-order valence-electron chi connectivity index (χ0n) is 31.0. The van der Waals surface area contributed by atoms with Crippen LogP contribution in [0.25, 0.3) is 22.3 Å². The molecule has 0 unspecified atom stereocenters. The predicted octanol–water partition coefficient (Wildman–Crippen LogP) is 8.17. The smallest absolute Gasteiger partial charge is 0.320 e.